The van der Waals surface area contributed by atoms with Gasteiger partial charge in [-0.1, -0.05) is 124 Å². The van der Waals surface area contributed by atoms with Crippen LogP contribution in [0.5, 0.6) is 0 Å². The monoisotopic (exact) mass is 380 g/mol. The van der Waals surface area contributed by atoms with Gasteiger partial charge < -0.3 is 5.11 Å². The van der Waals surface area contributed by atoms with Crippen molar-refractivity contribution >= 4 is 5.97 Å². The summed E-state index contributed by atoms with van der Waals surface area (Å²) in [7, 11) is 0. The second-order valence-corrected chi connectivity index (χ2v) is 8.94. The van der Waals surface area contributed by atoms with E-state index in [1.807, 2.05) is 0 Å². The molecule has 0 aliphatic rings. The van der Waals surface area contributed by atoms with Gasteiger partial charge >= 0.3 is 5.97 Å². The molecule has 0 saturated carbocycles. The number of rotatable bonds is 20. The van der Waals surface area contributed by atoms with Crippen molar-refractivity contribution in [2.45, 2.75) is 130 Å². The lowest BCUT2D eigenvalue weighted by Crippen LogP contribution is -2.08. The SMILES string of the molecule is C=C(C[C@@H](C)C[C@@H](C)CCCCCCCCCCCCCCCC)C(=O)O. The van der Waals surface area contributed by atoms with Gasteiger partial charge in [0.15, 0.2) is 0 Å². The van der Waals surface area contributed by atoms with Gasteiger partial charge in [-0.05, 0) is 24.7 Å². The van der Waals surface area contributed by atoms with Crippen molar-refractivity contribution in [3.8, 4) is 0 Å². The van der Waals surface area contributed by atoms with E-state index in [1.165, 1.54) is 96.3 Å². The molecule has 0 aromatic carbocycles. The summed E-state index contributed by atoms with van der Waals surface area (Å²) >= 11 is 0. The van der Waals surface area contributed by atoms with Gasteiger partial charge in [0.1, 0.15) is 0 Å². The van der Waals surface area contributed by atoms with Crippen molar-refractivity contribution < 1.29 is 9.90 Å². The highest BCUT2D eigenvalue weighted by Gasteiger charge is 2.13. The molecule has 160 valence electrons. The van der Waals surface area contributed by atoms with Crippen molar-refractivity contribution in [2.75, 3.05) is 0 Å². The number of hydrogen-bond acceptors (Lipinski definition) is 1. The summed E-state index contributed by atoms with van der Waals surface area (Å²) in [4.78, 5) is 10.8. The molecule has 0 aliphatic carbocycles. The second-order valence-electron chi connectivity index (χ2n) is 8.94. The lowest BCUT2D eigenvalue weighted by Gasteiger charge is -2.17. The van der Waals surface area contributed by atoms with Crippen LogP contribution in [0.2, 0.25) is 0 Å². The average Bonchev–Trinajstić information content (AvgIpc) is 2.61. The van der Waals surface area contributed by atoms with E-state index in [0.29, 0.717) is 23.8 Å². The Morgan fingerprint density at radius 2 is 1.15 bits per heavy atom. The molecule has 2 atom stereocenters. The first kappa shape index (κ1) is 26.2. The Kier molecular flexibility index (Phi) is 18.0. The molecule has 0 unspecified atom stereocenters. The molecule has 0 amide bonds. The van der Waals surface area contributed by atoms with Crippen LogP contribution in [0.1, 0.15) is 130 Å². The van der Waals surface area contributed by atoms with Crippen LogP contribution in [-0.4, -0.2) is 11.1 Å². The molecule has 27 heavy (non-hydrogen) atoms. The van der Waals surface area contributed by atoms with Gasteiger partial charge in [-0.25, -0.2) is 4.79 Å². The minimum absolute atomic E-state index is 0.353. The summed E-state index contributed by atoms with van der Waals surface area (Å²) in [6, 6.07) is 0. The molecular formula is C25H48O2. The smallest absolute Gasteiger partial charge is 0.330 e. The molecule has 0 rings (SSSR count). The minimum Gasteiger partial charge on any atom is -0.478 e. The molecule has 0 aromatic heterocycles. The Balaban J connectivity index is 3.34. The molecule has 0 aromatic rings. The van der Waals surface area contributed by atoms with Crippen LogP contribution in [-0.2, 0) is 4.79 Å². The predicted molar refractivity (Wildman–Crippen MR) is 119 cm³/mol. The van der Waals surface area contributed by atoms with Gasteiger partial charge in [-0.15, -0.1) is 0 Å². The normalized spacial score (nSPS) is 13.4. The summed E-state index contributed by atoms with van der Waals surface area (Å²) in [6.07, 6.45) is 22.7. The largest absolute Gasteiger partial charge is 0.478 e. The molecule has 2 heteroatoms. The molecule has 0 saturated heterocycles. The molecule has 0 bridgehead atoms. The molecule has 2 nitrogen and oxygen atoms in total. The molecule has 1 N–H and O–H groups in total. The second kappa shape index (κ2) is 18.6. The van der Waals surface area contributed by atoms with Crippen molar-refractivity contribution in [3.63, 3.8) is 0 Å². The molecule has 0 spiro atoms. The predicted octanol–water partition coefficient (Wildman–Crippen LogP) is 8.55. The Morgan fingerprint density at radius 1 is 0.741 bits per heavy atom. The van der Waals surface area contributed by atoms with Crippen molar-refractivity contribution in [1.29, 1.82) is 0 Å². The van der Waals surface area contributed by atoms with Crippen molar-refractivity contribution in [1.82, 2.24) is 0 Å². The third kappa shape index (κ3) is 18.3. The van der Waals surface area contributed by atoms with Gasteiger partial charge in [0.05, 0.1) is 0 Å². The maximum Gasteiger partial charge on any atom is 0.330 e. The topological polar surface area (TPSA) is 37.3 Å². The van der Waals surface area contributed by atoms with Crippen LogP contribution in [0.4, 0.5) is 0 Å². The van der Waals surface area contributed by atoms with Gasteiger partial charge in [-0.2, -0.15) is 0 Å². The van der Waals surface area contributed by atoms with E-state index in [2.05, 4.69) is 27.4 Å². The van der Waals surface area contributed by atoms with Crippen LogP contribution in [0.25, 0.3) is 0 Å². The number of unbranched alkanes of at least 4 members (excludes halogenated alkanes) is 13. The third-order valence-corrected chi connectivity index (χ3v) is 5.75. The van der Waals surface area contributed by atoms with Gasteiger partial charge in [0.2, 0.25) is 0 Å². The summed E-state index contributed by atoms with van der Waals surface area (Å²) < 4.78 is 0. The van der Waals surface area contributed by atoms with Crippen molar-refractivity contribution in [2.24, 2.45) is 11.8 Å². The Hall–Kier alpha value is -0.790. The first-order valence-electron chi connectivity index (χ1n) is 11.9. The zero-order chi connectivity index (χ0) is 20.3. The molecule has 0 heterocycles. The minimum atomic E-state index is -0.846. The van der Waals surface area contributed by atoms with E-state index in [1.54, 1.807) is 0 Å². The number of carboxylic acid groups (broad SMARTS) is 1. The fraction of sp³-hybridized carbons (Fsp3) is 0.880. The third-order valence-electron chi connectivity index (χ3n) is 5.75. The zero-order valence-electron chi connectivity index (χ0n) is 18.7. The summed E-state index contributed by atoms with van der Waals surface area (Å²) in [5.41, 5.74) is 0.353. The molecule has 0 aliphatic heterocycles. The fourth-order valence-electron chi connectivity index (χ4n) is 4.08. The highest BCUT2D eigenvalue weighted by Crippen LogP contribution is 2.23. The standard InChI is InChI=1S/C25H48O2/c1-5-6-7-8-9-10-11-12-13-14-15-16-17-18-19-22(2)20-23(3)21-24(4)25(26)27/h22-23H,4-21H2,1-3H3,(H,26,27)/t22-,23-/m0/s1. The van der Waals surface area contributed by atoms with Gasteiger partial charge in [0.25, 0.3) is 0 Å². The first-order valence-corrected chi connectivity index (χ1v) is 11.9. The van der Waals surface area contributed by atoms with Gasteiger partial charge in [0, 0.05) is 5.57 Å². The lowest BCUT2D eigenvalue weighted by atomic mass is 9.89. The highest BCUT2D eigenvalue weighted by molar-refractivity contribution is 5.85. The number of carboxylic acids is 1. The van der Waals surface area contributed by atoms with Crippen LogP contribution in [0, 0.1) is 11.8 Å². The number of carbonyl (C=O) groups is 1. The summed E-state index contributed by atoms with van der Waals surface area (Å²) in [5, 5.41) is 8.91. The van der Waals surface area contributed by atoms with Crippen LogP contribution in [0.3, 0.4) is 0 Å². The number of hydrogen-bond donors (Lipinski definition) is 1. The summed E-state index contributed by atoms with van der Waals surface area (Å²) in [5.74, 6) is 0.274. The van der Waals surface area contributed by atoms with Crippen LogP contribution >= 0.6 is 0 Å². The molecular weight excluding hydrogens is 332 g/mol. The molecule has 0 radical (unpaired) electrons. The van der Waals surface area contributed by atoms with Crippen molar-refractivity contribution in [3.05, 3.63) is 12.2 Å². The van der Waals surface area contributed by atoms with Gasteiger partial charge in [-0.3, -0.25) is 0 Å². The Labute approximate surface area is 170 Å². The van der Waals surface area contributed by atoms with E-state index < -0.39 is 5.97 Å². The Bertz CT molecular complexity index is 361. The maximum atomic E-state index is 10.8. The first-order chi connectivity index (χ1) is 13.0. The quantitative estimate of drug-likeness (QED) is 0.170. The Morgan fingerprint density at radius 3 is 1.56 bits per heavy atom. The highest BCUT2D eigenvalue weighted by atomic mass is 16.4. The lowest BCUT2D eigenvalue weighted by molar-refractivity contribution is -0.132. The van der Waals surface area contributed by atoms with Crippen LogP contribution < -0.4 is 0 Å². The van der Waals surface area contributed by atoms with E-state index >= 15 is 0 Å². The van der Waals surface area contributed by atoms with E-state index in [4.69, 9.17) is 5.11 Å². The van der Waals surface area contributed by atoms with E-state index in [0.717, 1.165) is 6.42 Å². The average molecular weight is 381 g/mol. The van der Waals surface area contributed by atoms with Crippen LogP contribution in [0.15, 0.2) is 12.2 Å². The maximum absolute atomic E-state index is 10.8. The molecule has 0 fully saturated rings. The fourth-order valence-corrected chi connectivity index (χ4v) is 4.08. The van der Waals surface area contributed by atoms with E-state index in [-0.39, 0.29) is 0 Å². The number of aliphatic carboxylic acids is 1. The zero-order valence-corrected chi connectivity index (χ0v) is 18.7. The summed E-state index contributed by atoms with van der Waals surface area (Å²) in [6.45, 7) is 10.4. The van der Waals surface area contributed by atoms with E-state index in [9.17, 15) is 4.79 Å².